The van der Waals surface area contributed by atoms with E-state index in [9.17, 15) is 4.79 Å². The molecule has 0 radical (unpaired) electrons. The molecule has 0 aliphatic heterocycles. The van der Waals surface area contributed by atoms with Crippen LogP contribution in [0.4, 0.5) is 0 Å². The molecule has 0 saturated carbocycles. The maximum atomic E-state index is 10.8. The van der Waals surface area contributed by atoms with E-state index in [4.69, 9.17) is 5.11 Å². The van der Waals surface area contributed by atoms with Gasteiger partial charge in [0.05, 0.1) is 11.4 Å². The van der Waals surface area contributed by atoms with E-state index >= 15 is 0 Å². The maximum absolute atomic E-state index is 10.8. The molecule has 1 aromatic carbocycles. The van der Waals surface area contributed by atoms with Gasteiger partial charge in [-0.3, -0.25) is 9.36 Å². The molecule has 2 aromatic rings. The lowest BCUT2D eigenvalue weighted by molar-refractivity contribution is -0.133. The molecule has 21 heavy (non-hydrogen) atoms. The number of hydrogen-bond acceptors (Lipinski definition) is 4. The largest absolute Gasteiger partial charge is 0.481 e. The molecule has 0 unspecified atom stereocenters. The van der Waals surface area contributed by atoms with E-state index in [0.29, 0.717) is 5.16 Å². The SMILES string of the molecule is Cc1ccc(Br)cc1-n1c(SCC(=O)O)nnc1C(C)C. The van der Waals surface area contributed by atoms with Crippen LogP contribution in [-0.2, 0) is 4.79 Å². The normalized spacial score (nSPS) is 11.1. The van der Waals surface area contributed by atoms with Crippen molar-refractivity contribution < 1.29 is 9.90 Å². The fourth-order valence-corrected chi connectivity index (χ4v) is 2.95. The van der Waals surface area contributed by atoms with Crippen molar-refractivity contribution in [2.45, 2.75) is 31.8 Å². The highest BCUT2D eigenvalue weighted by atomic mass is 79.9. The van der Waals surface area contributed by atoms with Gasteiger partial charge in [-0.2, -0.15) is 0 Å². The number of aliphatic carboxylic acids is 1. The van der Waals surface area contributed by atoms with Gasteiger partial charge < -0.3 is 5.11 Å². The summed E-state index contributed by atoms with van der Waals surface area (Å²) in [5, 5.41) is 17.8. The lowest BCUT2D eigenvalue weighted by Crippen LogP contribution is -2.07. The molecule has 0 spiro atoms. The van der Waals surface area contributed by atoms with E-state index in [1.807, 2.05) is 43.5 Å². The zero-order chi connectivity index (χ0) is 15.6. The third-order valence-electron chi connectivity index (χ3n) is 2.91. The number of thioether (sulfide) groups is 1. The number of carbonyl (C=O) groups is 1. The predicted octanol–water partition coefficient (Wildman–Crippen LogP) is 3.64. The zero-order valence-electron chi connectivity index (χ0n) is 12.0. The van der Waals surface area contributed by atoms with Crippen molar-refractivity contribution in [2.24, 2.45) is 0 Å². The van der Waals surface area contributed by atoms with Crippen LogP contribution in [-0.4, -0.2) is 31.6 Å². The fourth-order valence-electron chi connectivity index (χ4n) is 1.92. The molecule has 0 fully saturated rings. The minimum absolute atomic E-state index is 0.0384. The second-order valence-corrected chi connectivity index (χ2v) is 6.80. The van der Waals surface area contributed by atoms with Gasteiger partial charge in [0.15, 0.2) is 5.16 Å². The molecule has 1 N–H and O–H groups in total. The molecule has 0 aliphatic rings. The summed E-state index contributed by atoms with van der Waals surface area (Å²) < 4.78 is 2.90. The van der Waals surface area contributed by atoms with Crippen LogP contribution in [0.15, 0.2) is 27.8 Å². The Labute approximate surface area is 135 Å². The van der Waals surface area contributed by atoms with Crippen molar-refractivity contribution in [3.05, 3.63) is 34.1 Å². The Balaban J connectivity index is 2.55. The monoisotopic (exact) mass is 369 g/mol. The number of rotatable bonds is 5. The van der Waals surface area contributed by atoms with E-state index in [1.165, 1.54) is 11.8 Å². The number of carboxylic acids is 1. The lowest BCUT2D eigenvalue weighted by atomic mass is 10.1. The lowest BCUT2D eigenvalue weighted by Gasteiger charge is -2.14. The van der Waals surface area contributed by atoms with Crippen LogP contribution in [0.1, 0.15) is 31.2 Å². The van der Waals surface area contributed by atoms with Gasteiger partial charge in [0.2, 0.25) is 0 Å². The molecule has 0 atom stereocenters. The average molecular weight is 370 g/mol. The van der Waals surface area contributed by atoms with E-state index < -0.39 is 5.97 Å². The minimum Gasteiger partial charge on any atom is -0.481 e. The van der Waals surface area contributed by atoms with Gasteiger partial charge in [-0.1, -0.05) is 47.6 Å². The molecule has 2 rings (SSSR count). The molecule has 0 saturated heterocycles. The number of halogens is 1. The smallest absolute Gasteiger partial charge is 0.313 e. The first-order valence-corrected chi connectivity index (χ1v) is 8.24. The van der Waals surface area contributed by atoms with Crippen molar-refractivity contribution in [1.29, 1.82) is 0 Å². The summed E-state index contributed by atoms with van der Waals surface area (Å²) in [5.74, 6) is 0.106. The zero-order valence-corrected chi connectivity index (χ0v) is 14.4. The van der Waals surface area contributed by atoms with Crippen molar-refractivity contribution in [2.75, 3.05) is 5.75 Å². The van der Waals surface area contributed by atoms with Crippen molar-refractivity contribution in [1.82, 2.24) is 14.8 Å². The Bertz CT molecular complexity index is 670. The summed E-state index contributed by atoms with van der Waals surface area (Å²) in [6.07, 6.45) is 0. The van der Waals surface area contributed by atoms with Crippen LogP contribution in [0.25, 0.3) is 5.69 Å². The first-order valence-electron chi connectivity index (χ1n) is 6.46. The van der Waals surface area contributed by atoms with Crippen molar-refractivity contribution in [3.63, 3.8) is 0 Å². The summed E-state index contributed by atoms with van der Waals surface area (Å²) >= 11 is 4.65. The Morgan fingerprint density at radius 2 is 2.14 bits per heavy atom. The molecule has 0 aliphatic carbocycles. The van der Waals surface area contributed by atoms with Gasteiger partial charge in [0.1, 0.15) is 5.82 Å². The van der Waals surface area contributed by atoms with Crippen LogP contribution in [0.2, 0.25) is 0 Å². The Morgan fingerprint density at radius 1 is 1.43 bits per heavy atom. The quantitative estimate of drug-likeness (QED) is 0.814. The third kappa shape index (κ3) is 3.65. The van der Waals surface area contributed by atoms with Gasteiger partial charge in [0.25, 0.3) is 0 Å². The first kappa shape index (κ1) is 16.0. The summed E-state index contributed by atoms with van der Waals surface area (Å²) in [5.41, 5.74) is 2.04. The van der Waals surface area contributed by atoms with Gasteiger partial charge >= 0.3 is 5.97 Å². The predicted molar refractivity (Wildman–Crippen MR) is 86.2 cm³/mol. The second-order valence-electron chi connectivity index (χ2n) is 4.94. The average Bonchev–Trinajstić information content (AvgIpc) is 2.83. The number of aromatic nitrogens is 3. The summed E-state index contributed by atoms with van der Waals surface area (Å²) in [7, 11) is 0. The summed E-state index contributed by atoms with van der Waals surface area (Å²) in [4.78, 5) is 10.8. The van der Waals surface area contributed by atoms with Crippen LogP contribution >= 0.6 is 27.7 Å². The standard InChI is InChI=1S/C14H16BrN3O2S/c1-8(2)13-16-17-14(21-7-12(19)20)18(13)11-6-10(15)5-4-9(11)3/h4-6,8H,7H2,1-3H3,(H,19,20). The Morgan fingerprint density at radius 3 is 2.76 bits per heavy atom. The Kier molecular flexibility index (Phi) is 5.05. The first-order chi connectivity index (χ1) is 9.90. The molecule has 0 amide bonds. The Hall–Kier alpha value is -1.34. The van der Waals surface area contributed by atoms with Crippen LogP contribution in [0, 0.1) is 6.92 Å². The van der Waals surface area contributed by atoms with E-state index in [1.54, 1.807) is 0 Å². The number of benzene rings is 1. The molecule has 112 valence electrons. The van der Waals surface area contributed by atoms with Gasteiger partial charge in [-0.25, -0.2) is 0 Å². The topological polar surface area (TPSA) is 68.0 Å². The van der Waals surface area contributed by atoms with Gasteiger partial charge in [0, 0.05) is 10.4 Å². The van der Waals surface area contributed by atoms with Crippen molar-refractivity contribution in [3.8, 4) is 5.69 Å². The summed E-state index contributed by atoms with van der Waals surface area (Å²) in [6, 6.07) is 5.98. The third-order valence-corrected chi connectivity index (χ3v) is 4.32. The van der Waals surface area contributed by atoms with E-state index in [0.717, 1.165) is 21.5 Å². The highest BCUT2D eigenvalue weighted by Gasteiger charge is 2.19. The highest BCUT2D eigenvalue weighted by molar-refractivity contribution is 9.10. The van der Waals surface area contributed by atoms with Crippen LogP contribution in [0.5, 0.6) is 0 Å². The number of aryl methyl sites for hydroxylation is 1. The fraction of sp³-hybridized carbons (Fsp3) is 0.357. The van der Waals surface area contributed by atoms with Crippen LogP contribution in [0.3, 0.4) is 0 Å². The van der Waals surface area contributed by atoms with E-state index in [2.05, 4.69) is 26.1 Å². The molecular formula is C14H16BrN3O2S. The maximum Gasteiger partial charge on any atom is 0.313 e. The van der Waals surface area contributed by atoms with Crippen LogP contribution < -0.4 is 0 Å². The van der Waals surface area contributed by atoms with Crippen molar-refractivity contribution >= 4 is 33.7 Å². The van der Waals surface area contributed by atoms with Gasteiger partial charge in [-0.05, 0) is 24.6 Å². The molecule has 5 nitrogen and oxygen atoms in total. The molecule has 0 bridgehead atoms. The summed E-state index contributed by atoms with van der Waals surface area (Å²) in [6.45, 7) is 6.09. The number of nitrogens with zero attached hydrogens (tertiary/aromatic N) is 3. The number of carboxylic acid groups (broad SMARTS) is 1. The minimum atomic E-state index is -0.869. The van der Waals surface area contributed by atoms with Gasteiger partial charge in [-0.15, -0.1) is 10.2 Å². The highest BCUT2D eigenvalue weighted by Crippen LogP contribution is 2.29. The molecule has 1 heterocycles. The molecular weight excluding hydrogens is 354 g/mol. The molecule has 7 heteroatoms. The van der Waals surface area contributed by atoms with E-state index in [-0.39, 0.29) is 11.7 Å². The second kappa shape index (κ2) is 6.62. The number of hydrogen-bond donors (Lipinski definition) is 1. The molecule has 1 aromatic heterocycles.